The SMILES string of the molecule is COc1c(C(C)(C)C)cc(-c2ncc(C3CCN(C(=O)CN4CCN(C)C4=O)CC3)s2)cc1C(C)(C)C. The zero-order valence-electron chi connectivity index (χ0n) is 23.7. The number of thiazole rings is 1. The zero-order valence-corrected chi connectivity index (χ0v) is 24.5. The van der Waals surface area contributed by atoms with Crippen molar-refractivity contribution in [2.24, 2.45) is 0 Å². The number of ether oxygens (including phenoxy) is 1. The van der Waals surface area contributed by atoms with Gasteiger partial charge in [-0.2, -0.15) is 0 Å². The molecule has 0 spiro atoms. The minimum absolute atomic E-state index is 0.0507. The molecule has 1 aromatic heterocycles. The lowest BCUT2D eigenvalue weighted by atomic mass is 9.78. The van der Waals surface area contributed by atoms with Gasteiger partial charge in [-0.15, -0.1) is 11.3 Å². The van der Waals surface area contributed by atoms with Crippen molar-refractivity contribution in [2.45, 2.75) is 71.1 Å². The highest BCUT2D eigenvalue weighted by Gasteiger charge is 2.32. The van der Waals surface area contributed by atoms with Gasteiger partial charge in [0.15, 0.2) is 0 Å². The Labute approximate surface area is 225 Å². The van der Waals surface area contributed by atoms with Crippen molar-refractivity contribution in [3.05, 3.63) is 34.3 Å². The number of methoxy groups -OCH3 is 1. The Balaban J connectivity index is 1.49. The van der Waals surface area contributed by atoms with Gasteiger partial charge in [-0.3, -0.25) is 4.79 Å². The lowest BCUT2D eigenvalue weighted by Crippen LogP contribution is -2.44. The highest BCUT2D eigenvalue weighted by Crippen LogP contribution is 2.44. The first-order valence-electron chi connectivity index (χ1n) is 13.3. The Bertz CT molecular complexity index is 1120. The largest absolute Gasteiger partial charge is 0.496 e. The Hall–Kier alpha value is -2.61. The summed E-state index contributed by atoms with van der Waals surface area (Å²) in [5.74, 6) is 1.42. The van der Waals surface area contributed by atoms with Gasteiger partial charge in [0, 0.05) is 61.0 Å². The third kappa shape index (κ3) is 5.79. The number of hydrogen-bond acceptors (Lipinski definition) is 5. The summed E-state index contributed by atoms with van der Waals surface area (Å²) in [6.07, 6.45) is 3.87. The molecular weight excluding hydrogens is 484 g/mol. The van der Waals surface area contributed by atoms with Crippen LogP contribution in [0.2, 0.25) is 0 Å². The molecule has 2 aromatic rings. The van der Waals surface area contributed by atoms with Crippen LogP contribution in [-0.4, -0.2) is 78.5 Å². The smallest absolute Gasteiger partial charge is 0.320 e. The average molecular weight is 527 g/mol. The van der Waals surface area contributed by atoms with Crippen molar-refractivity contribution < 1.29 is 14.3 Å². The van der Waals surface area contributed by atoms with Crippen molar-refractivity contribution in [2.75, 3.05) is 46.9 Å². The summed E-state index contributed by atoms with van der Waals surface area (Å²) in [6.45, 7) is 16.3. The van der Waals surface area contributed by atoms with Crippen LogP contribution >= 0.6 is 11.3 Å². The van der Waals surface area contributed by atoms with Crippen LogP contribution in [0, 0.1) is 0 Å². The molecule has 0 bridgehead atoms. The van der Waals surface area contributed by atoms with Crippen molar-refractivity contribution in [3.63, 3.8) is 0 Å². The van der Waals surface area contributed by atoms with E-state index < -0.39 is 0 Å². The number of carbonyl (C=O) groups is 2. The van der Waals surface area contributed by atoms with Crippen LogP contribution in [0.25, 0.3) is 10.6 Å². The molecule has 3 amide bonds. The number of aromatic nitrogens is 1. The molecule has 8 heteroatoms. The predicted octanol–water partition coefficient (Wildman–Crippen LogP) is 5.49. The number of benzene rings is 1. The molecule has 2 saturated heterocycles. The standard InChI is InChI=1S/C29H42N4O3S/c1-28(2,3)21-15-20(16-22(25(21)36-8)29(4,5)6)26-30-17-23(37-26)19-9-11-32(12-10-19)24(34)18-33-14-13-31(7)27(33)35/h15-17,19H,9-14,18H2,1-8H3. The average Bonchev–Trinajstić information content (AvgIpc) is 3.45. The number of likely N-dealkylation sites (tertiary alicyclic amines) is 1. The number of hydrogen-bond donors (Lipinski definition) is 0. The van der Waals surface area contributed by atoms with Gasteiger partial charge in [0.25, 0.3) is 0 Å². The van der Waals surface area contributed by atoms with E-state index in [-0.39, 0.29) is 29.3 Å². The fourth-order valence-electron chi connectivity index (χ4n) is 5.22. The van der Waals surface area contributed by atoms with Gasteiger partial charge in [0.2, 0.25) is 5.91 Å². The van der Waals surface area contributed by atoms with Crippen molar-refractivity contribution in [3.8, 4) is 16.3 Å². The molecule has 0 N–H and O–H groups in total. The van der Waals surface area contributed by atoms with Crippen LogP contribution in [0.1, 0.15) is 76.3 Å². The van der Waals surface area contributed by atoms with E-state index in [1.54, 1.807) is 35.3 Å². The van der Waals surface area contributed by atoms with E-state index in [2.05, 4.69) is 53.7 Å². The minimum Gasteiger partial charge on any atom is -0.496 e. The van der Waals surface area contributed by atoms with Crippen LogP contribution in [0.4, 0.5) is 4.79 Å². The molecule has 0 aliphatic carbocycles. The van der Waals surface area contributed by atoms with E-state index in [0.29, 0.717) is 19.0 Å². The lowest BCUT2D eigenvalue weighted by molar-refractivity contribution is -0.132. The summed E-state index contributed by atoms with van der Waals surface area (Å²) in [4.78, 5) is 36.3. The maximum atomic E-state index is 12.8. The molecule has 0 atom stereocenters. The molecule has 3 heterocycles. The minimum atomic E-state index is -0.0596. The molecule has 4 rings (SSSR count). The third-order valence-electron chi connectivity index (χ3n) is 7.56. The highest BCUT2D eigenvalue weighted by atomic mass is 32.1. The number of urea groups is 1. The number of likely N-dealkylation sites (N-methyl/N-ethyl adjacent to an activating group) is 1. The van der Waals surface area contributed by atoms with Gasteiger partial charge in [0.1, 0.15) is 17.3 Å². The fraction of sp³-hybridized carbons (Fsp3) is 0.621. The molecule has 7 nitrogen and oxygen atoms in total. The fourth-order valence-corrected chi connectivity index (χ4v) is 6.29. The van der Waals surface area contributed by atoms with Gasteiger partial charge in [0.05, 0.1) is 7.11 Å². The number of nitrogens with zero attached hydrogens (tertiary/aromatic N) is 4. The molecule has 0 radical (unpaired) electrons. The summed E-state index contributed by atoms with van der Waals surface area (Å²) in [5, 5.41) is 1.03. The second-order valence-electron chi connectivity index (χ2n) is 12.5. The third-order valence-corrected chi connectivity index (χ3v) is 8.77. The number of rotatable bonds is 5. The molecule has 2 aliphatic heterocycles. The Morgan fingerprint density at radius 2 is 1.62 bits per heavy atom. The van der Waals surface area contributed by atoms with E-state index in [1.165, 1.54) is 16.0 Å². The predicted molar refractivity (Wildman–Crippen MR) is 150 cm³/mol. The first kappa shape index (κ1) is 27.4. The summed E-state index contributed by atoms with van der Waals surface area (Å²) >= 11 is 1.77. The van der Waals surface area contributed by atoms with Crippen LogP contribution < -0.4 is 4.74 Å². The van der Waals surface area contributed by atoms with Crippen molar-refractivity contribution in [1.82, 2.24) is 19.7 Å². The number of carbonyl (C=O) groups excluding carboxylic acids is 2. The van der Waals surface area contributed by atoms with Crippen LogP contribution in [0.15, 0.2) is 18.3 Å². The van der Waals surface area contributed by atoms with Gasteiger partial charge < -0.3 is 19.4 Å². The maximum Gasteiger partial charge on any atom is 0.320 e. The Morgan fingerprint density at radius 1 is 1.03 bits per heavy atom. The zero-order chi connectivity index (χ0) is 27.1. The summed E-state index contributed by atoms with van der Waals surface area (Å²) < 4.78 is 5.93. The molecule has 2 aliphatic rings. The van der Waals surface area contributed by atoms with E-state index in [4.69, 9.17) is 9.72 Å². The van der Waals surface area contributed by atoms with Crippen molar-refractivity contribution in [1.29, 1.82) is 0 Å². The Morgan fingerprint density at radius 3 is 2.11 bits per heavy atom. The molecular formula is C29H42N4O3S. The van der Waals surface area contributed by atoms with Crippen LogP contribution in [0.3, 0.4) is 0 Å². The number of piperidine rings is 1. The summed E-state index contributed by atoms with van der Waals surface area (Å²) in [7, 11) is 3.54. The highest BCUT2D eigenvalue weighted by molar-refractivity contribution is 7.15. The molecule has 0 saturated carbocycles. The van der Waals surface area contributed by atoms with Gasteiger partial charge in [-0.1, -0.05) is 41.5 Å². The summed E-state index contributed by atoms with van der Waals surface area (Å²) in [6, 6.07) is 4.44. The Kier molecular flexibility index (Phi) is 7.62. The topological polar surface area (TPSA) is 66.0 Å². The molecule has 1 aromatic carbocycles. The monoisotopic (exact) mass is 526 g/mol. The van der Waals surface area contributed by atoms with E-state index in [9.17, 15) is 9.59 Å². The molecule has 37 heavy (non-hydrogen) atoms. The van der Waals surface area contributed by atoms with Crippen molar-refractivity contribution >= 4 is 23.3 Å². The van der Waals surface area contributed by atoms with E-state index in [0.717, 1.165) is 42.3 Å². The molecule has 2 fully saturated rings. The van der Waals surface area contributed by atoms with E-state index >= 15 is 0 Å². The second kappa shape index (κ2) is 10.3. The molecule has 0 unspecified atom stereocenters. The molecule has 202 valence electrons. The first-order valence-corrected chi connectivity index (χ1v) is 14.1. The number of amides is 3. The first-order chi connectivity index (χ1) is 17.3. The summed E-state index contributed by atoms with van der Waals surface area (Å²) in [5.41, 5.74) is 3.42. The quantitative estimate of drug-likeness (QED) is 0.517. The van der Waals surface area contributed by atoms with E-state index in [1.807, 2.05) is 11.1 Å². The normalized spacial score (nSPS) is 17.6. The lowest BCUT2D eigenvalue weighted by Gasteiger charge is -2.32. The van der Waals surface area contributed by atoms with Gasteiger partial charge in [-0.25, -0.2) is 9.78 Å². The van der Waals surface area contributed by atoms with Gasteiger partial charge >= 0.3 is 6.03 Å². The van der Waals surface area contributed by atoms with Crippen LogP contribution in [-0.2, 0) is 15.6 Å². The second-order valence-corrected chi connectivity index (χ2v) is 13.5. The van der Waals surface area contributed by atoms with Gasteiger partial charge in [-0.05, 0) is 41.7 Å². The van der Waals surface area contributed by atoms with Crippen LogP contribution in [0.5, 0.6) is 5.75 Å². The maximum absolute atomic E-state index is 12.8.